The number of benzene rings is 1. The van der Waals surface area contributed by atoms with Crippen LogP contribution in [-0.4, -0.2) is 30.1 Å². The fraction of sp³-hybridized carbons (Fsp3) is 0.467. The average Bonchev–Trinajstić information content (AvgIpc) is 2.64. The van der Waals surface area contributed by atoms with Crippen molar-refractivity contribution in [3.05, 3.63) is 33.9 Å². The molecule has 1 aromatic carbocycles. The van der Waals surface area contributed by atoms with Crippen molar-refractivity contribution >= 4 is 11.8 Å². The zero-order chi connectivity index (χ0) is 13.8. The van der Waals surface area contributed by atoms with Gasteiger partial charge in [0.05, 0.1) is 24.2 Å². The Bertz CT molecular complexity index is 603. The molecule has 1 aliphatic heterocycles. The summed E-state index contributed by atoms with van der Waals surface area (Å²) in [6.45, 7) is 3.86. The number of hydrogen-bond acceptors (Lipinski definition) is 4. The van der Waals surface area contributed by atoms with Crippen molar-refractivity contribution in [1.82, 2.24) is 0 Å². The lowest BCUT2D eigenvalue weighted by Crippen LogP contribution is -2.28. The lowest BCUT2D eigenvalue weighted by atomic mass is 9.86. The molecular weight excluding hydrogens is 244 g/mol. The summed E-state index contributed by atoms with van der Waals surface area (Å²) >= 11 is 0. The van der Waals surface area contributed by atoms with Gasteiger partial charge in [0.25, 0.3) is 0 Å². The van der Waals surface area contributed by atoms with Gasteiger partial charge in [-0.1, -0.05) is 0 Å². The molecule has 0 aromatic heterocycles. The number of carbonyl (C=O) groups is 2. The topological polar surface area (TPSA) is 63.6 Å². The fourth-order valence-corrected chi connectivity index (χ4v) is 3.14. The Morgan fingerprint density at radius 2 is 2.16 bits per heavy atom. The molecule has 100 valence electrons. The minimum Gasteiger partial charge on any atom is -0.462 e. The van der Waals surface area contributed by atoms with Crippen LogP contribution >= 0.6 is 0 Å². The molecule has 1 atom stereocenters. The van der Waals surface area contributed by atoms with E-state index in [1.165, 1.54) is 0 Å². The Labute approximate surface area is 111 Å². The Morgan fingerprint density at radius 3 is 2.84 bits per heavy atom. The number of ether oxygens (including phenoxy) is 1. The lowest BCUT2D eigenvalue weighted by Gasteiger charge is -2.20. The standard InChI is InChI=1S/C15H16O4/c1-8-10-3-4-19-14(18)11(10)5-9-6-15(2,7-16)13(17)12(8)9/h5,16H,3-4,6-7H2,1-2H3/t15-/m0/s1. The number of aliphatic hydroxyl groups is 1. The monoisotopic (exact) mass is 260 g/mol. The molecule has 1 aromatic rings. The number of esters is 1. The molecule has 1 heterocycles. The van der Waals surface area contributed by atoms with Crippen molar-refractivity contribution in [2.24, 2.45) is 5.41 Å². The van der Waals surface area contributed by atoms with Crippen LogP contribution < -0.4 is 0 Å². The van der Waals surface area contributed by atoms with Crippen molar-refractivity contribution in [2.75, 3.05) is 13.2 Å². The van der Waals surface area contributed by atoms with Crippen LogP contribution in [0.15, 0.2) is 6.07 Å². The van der Waals surface area contributed by atoms with E-state index in [1.54, 1.807) is 13.0 Å². The number of fused-ring (bicyclic) bond motifs is 2. The van der Waals surface area contributed by atoms with E-state index in [0.717, 1.165) is 16.7 Å². The summed E-state index contributed by atoms with van der Waals surface area (Å²) < 4.78 is 5.05. The van der Waals surface area contributed by atoms with E-state index in [0.29, 0.717) is 30.6 Å². The van der Waals surface area contributed by atoms with E-state index in [1.807, 2.05) is 6.92 Å². The third kappa shape index (κ3) is 1.56. The highest BCUT2D eigenvalue weighted by atomic mass is 16.5. The van der Waals surface area contributed by atoms with Crippen molar-refractivity contribution < 1.29 is 19.4 Å². The molecule has 0 fully saturated rings. The van der Waals surface area contributed by atoms with Gasteiger partial charge in [0.2, 0.25) is 0 Å². The van der Waals surface area contributed by atoms with Gasteiger partial charge < -0.3 is 9.84 Å². The van der Waals surface area contributed by atoms with E-state index in [4.69, 9.17) is 4.74 Å². The Balaban J connectivity index is 2.23. The first-order valence-electron chi connectivity index (χ1n) is 6.46. The predicted octanol–water partition coefficient (Wildman–Crippen LogP) is 1.45. The Morgan fingerprint density at radius 1 is 1.42 bits per heavy atom. The number of aliphatic hydroxyl groups excluding tert-OH is 1. The van der Waals surface area contributed by atoms with Crippen LogP contribution in [0.2, 0.25) is 0 Å². The summed E-state index contributed by atoms with van der Waals surface area (Å²) in [7, 11) is 0. The summed E-state index contributed by atoms with van der Waals surface area (Å²) in [6, 6.07) is 1.78. The molecule has 0 saturated heterocycles. The smallest absolute Gasteiger partial charge is 0.338 e. The van der Waals surface area contributed by atoms with Crippen LogP contribution in [0.1, 0.15) is 44.3 Å². The molecule has 0 bridgehead atoms. The molecule has 0 unspecified atom stereocenters. The minimum absolute atomic E-state index is 0.00996. The van der Waals surface area contributed by atoms with E-state index in [-0.39, 0.29) is 18.4 Å². The molecule has 0 amide bonds. The number of carbonyl (C=O) groups excluding carboxylic acids is 2. The molecule has 1 aliphatic carbocycles. The van der Waals surface area contributed by atoms with Gasteiger partial charge in [0, 0.05) is 12.0 Å². The maximum atomic E-state index is 12.5. The molecule has 1 N–H and O–H groups in total. The summed E-state index contributed by atoms with van der Waals surface area (Å²) in [5, 5.41) is 9.46. The number of rotatable bonds is 1. The zero-order valence-electron chi connectivity index (χ0n) is 11.1. The minimum atomic E-state index is -0.749. The van der Waals surface area contributed by atoms with Crippen molar-refractivity contribution in [3.63, 3.8) is 0 Å². The zero-order valence-corrected chi connectivity index (χ0v) is 11.1. The maximum absolute atomic E-state index is 12.5. The lowest BCUT2D eigenvalue weighted by molar-refractivity contribution is 0.0479. The Kier molecular flexibility index (Phi) is 2.54. The van der Waals surface area contributed by atoms with Gasteiger partial charge in [-0.2, -0.15) is 0 Å². The van der Waals surface area contributed by atoms with Gasteiger partial charge >= 0.3 is 5.97 Å². The van der Waals surface area contributed by atoms with Crippen LogP contribution in [0.4, 0.5) is 0 Å². The second-order valence-electron chi connectivity index (χ2n) is 5.67. The van der Waals surface area contributed by atoms with Gasteiger partial charge in [-0.05, 0) is 43.0 Å². The third-order valence-electron chi connectivity index (χ3n) is 4.30. The van der Waals surface area contributed by atoms with Gasteiger partial charge in [0.1, 0.15) is 0 Å². The summed E-state index contributed by atoms with van der Waals surface area (Å²) in [5.74, 6) is -0.318. The van der Waals surface area contributed by atoms with Crippen molar-refractivity contribution in [1.29, 1.82) is 0 Å². The summed E-state index contributed by atoms with van der Waals surface area (Å²) in [6.07, 6.45) is 1.14. The van der Waals surface area contributed by atoms with Crippen LogP contribution in [0.3, 0.4) is 0 Å². The van der Waals surface area contributed by atoms with Gasteiger partial charge in [-0.15, -0.1) is 0 Å². The molecule has 2 aliphatic rings. The number of cyclic esters (lactones) is 1. The second-order valence-corrected chi connectivity index (χ2v) is 5.67. The molecule has 3 rings (SSSR count). The van der Waals surface area contributed by atoms with Crippen LogP contribution in [0.25, 0.3) is 0 Å². The molecule has 4 nitrogen and oxygen atoms in total. The molecule has 0 radical (unpaired) electrons. The van der Waals surface area contributed by atoms with E-state index in [9.17, 15) is 14.7 Å². The molecular formula is C15H16O4. The fourth-order valence-electron chi connectivity index (χ4n) is 3.14. The molecule has 0 spiro atoms. The van der Waals surface area contributed by atoms with Gasteiger partial charge in [-0.25, -0.2) is 4.79 Å². The third-order valence-corrected chi connectivity index (χ3v) is 4.30. The average molecular weight is 260 g/mol. The highest BCUT2D eigenvalue weighted by molar-refractivity contribution is 6.07. The highest BCUT2D eigenvalue weighted by Crippen LogP contribution is 2.40. The molecule has 0 saturated carbocycles. The highest BCUT2D eigenvalue weighted by Gasteiger charge is 2.43. The van der Waals surface area contributed by atoms with Crippen LogP contribution in [-0.2, 0) is 17.6 Å². The van der Waals surface area contributed by atoms with Crippen LogP contribution in [0, 0.1) is 12.3 Å². The predicted molar refractivity (Wildman–Crippen MR) is 68.4 cm³/mol. The summed E-state index contributed by atoms with van der Waals surface area (Å²) in [5.41, 5.74) is 3.19. The first-order valence-corrected chi connectivity index (χ1v) is 6.46. The maximum Gasteiger partial charge on any atom is 0.338 e. The SMILES string of the molecule is Cc1c2c(cc3c1C(=O)[C@](C)(CO)C3)C(=O)OCC2. The van der Waals surface area contributed by atoms with Crippen molar-refractivity contribution in [3.8, 4) is 0 Å². The second kappa shape index (κ2) is 3.90. The number of hydrogen-bond donors (Lipinski definition) is 1. The van der Waals surface area contributed by atoms with Gasteiger partial charge in [-0.3, -0.25) is 4.79 Å². The number of ketones is 1. The molecule has 4 heteroatoms. The molecule has 19 heavy (non-hydrogen) atoms. The van der Waals surface area contributed by atoms with Crippen LogP contribution in [0.5, 0.6) is 0 Å². The number of Topliss-reactive ketones (excluding diaryl/α,β-unsaturated/α-hetero) is 1. The quantitative estimate of drug-likeness (QED) is 0.776. The normalized spacial score (nSPS) is 25.0. The van der Waals surface area contributed by atoms with E-state index < -0.39 is 5.41 Å². The van der Waals surface area contributed by atoms with Crippen molar-refractivity contribution in [2.45, 2.75) is 26.7 Å². The summed E-state index contributed by atoms with van der Waals surface area (Å²) in [4.78, 5) is 24.3. The van der Waals surface area contributed by atoms with Gasteiger partial charge in [0.15, 0.2) is 5.78 Å². The first-order chi connectivity index (χ1) is 8.98. The van der Waals surface area contributed by atoms with E-state index >= 15 is 0 Å². The Hall–Kier alpha value is -1.68. The first kappa shape index (κ1) is 12.4. The van der Waals surface area contributed by atoms with E-state index in [2.05, 4.69) is 0 Å². The largest absolute Gasteiger partial charge is 0.462 e.